The molecule has 1 heterocycles. The number of hydrogen-bond acceptors (Lipinski definition) is 1. The van der Waals surface area contributed by atoms with Crippen molar-refractivity contribution in [1.29, 1.82) is 0 Å². The number of hydrogen-bond donors (Lipinski definition) is 0. The van der Waals surface area contributed by atoms with E-state index in [4.69, 9.17) is 0 Å². The average molecular weight is 189 g/mol. The van der Waals surface area contributed by atoms with E-state index in [1.807, 2.05) is 4.31 Å². The van der Waals surface area contributed by atoms with Crippen LogP contribution in [0.3, 0.4) is 0 Å². The third kappa shape index (κ3) is 2.49. The second kappa shape index (κ2) is 3.79. The number of nitrogens with zero attached hydrogens (tertiary/aromatic N) is 1. The van der Waals surface area contributed by atoms with Crippen molar-refractivity contribution < 1.29 is 4.21 Å². The zero-order valence-corrected chi connectivity index (χ0v) is 8.90. The van der Waals surface area contributed by atoms with E-state index < -0.39 is 9.71 Å². The van der Waals surface area contributed by atoms with Crippen molar-refractivity contribution in [2.45, 2.75) is 26.2 Å². The van der Waals surface area contributed by atoms with E-state index in [1.54, 1.807) is 6.26 Å². The highest BCUT2D eigenvalue weighted by atomic mass is 32.2. The molecule has 12 heavy (non-hydrogen) atoms. The van der Waals surface area contributed by atoms with E-state index in [9.17, 15) is 4.21 Å². The second-order valence-electron chi connectivity index (χ2n) is 3.74. The Morgan fingerprint density at radius 1 is 1.50 bits per heavy atom. The van der Waals surface area contributed by atoms with Crippen LogP contribution in [0.25, 0.3) is 0 Å². The Kier molecular flexibility index (Phi) is 3.18. The molecule has 2 nitrogen and oxygen atoms in total. The minimum Gasteiger partial charge on any atom is -0.253 e. The molecule has 0 radical (unpaired) electrons. The summed E-state index contributed by atoms with van der Waals surface area (Å²) < 4.78 is 13.6. The van der Waals surface area contributed by atoms with Crippen LogP contribution in [0.5, 0.6) is 0 Å². The van der Waals surface area contributed by atoms with Gasteiger partial charge < -0.3 is 0 Å². The zero-order valence-electron chi connectivity index (χ0n) is 8.08. The smallest absolute Gasteiger partial charge is 0.0245 e. The quantitative estimate of drug-likeness (QED) is 0.601. The molecule has 3 heteroatoms. The summed E-state index contributed by atoms with van der Waals surface area (Å²) in [5.41, 5.74) is 0. The normalized spacial score (nSPS) is 26.8. The van der Waals surface area contributed by atoms with Crippen molar-refractivity contribution in [3.8, 4) is 0 Å². The molecule has 1 rings (SSSR count). The predicted molar refractivity (Wildman–Crippen MR) is 55.8 cm³/mol. The summed E-state index contributed by atoms with van der Waals surface area (Å²) in [6.07, 6.45) is 5.38. The molecule has 0 bridgehead atoms. The van der Waals surface area contributed by atoms with Gasteiger partial charge in [-0.2, -0.15) is 0 Å². The Morgan fingerprint density at radius 2 is 2.00 bits per heavy atom. The molecule has 1 unspecified atom stereocenters. The monoisotopic (exact) mass is 189 g/mol. The minimum absolute atomic E-state index is 0.850. The Balaban J connectivity index is 2.47. The molecule has 0 amide bonds. The van der Waals surface area contributed by atoms with E-state index >= 15 is 0 Å². The summed E-state index contributed by atoms with van der Waals surface area (Å²) in [6, 6.07) is 0. The van der Waals surface area contributed by atoms with Crippen molar-refractivity contribution >= 4 is 15.6 Å². The minimum atomic E-state index is -1.92. The molecule has 1 fully saturated rings. The van der Waals surface area contributed by atoms with Crippen LogP contribution in [0.1, 0.15) is 26.2 Å². The Morgan fingerprint density at radius 3 is 2.33 bits per heavy atom. The highest BCUT2D eigenvalue weighted by Crippen LogP contribution is 2.21. The Hall–Kier alpha value is -0.0200. The largest absolute Gasteiger partial charge is 0.253 e. The molecule has 0 N–H and O–H groups in total. The van der Waals surface area contributed by atoms with Crippen LogP contribution >= 0.6 is 0 Å². The van der Waals surface area contributed by atoms with Gasteiger partial charge in [0.2, 0.25) is 0 Å². The molecule has 0 aromatic heterocycles. The maximum Gasteiger partial charge on any atom is 0.0245 e. The molecular formula is C9H19NOS. The summed E-state index contributed by atoms with van der Waals surface area (Å²) in [5, 5.41) is 0. The van der Waals surface area contributed by atoms with E-state index in [-0.39, 0.29) is 0 Å². The molecule has 1 saturated heterocycles. The van der Waals surface area contributed by atoms with Crippen LogP contribution in [0.4, 0.5) is 0 Å². The Bertz CT molecular complexity index is 225. The van der Waals surface area contributed by atoms with Gasteiger partial charge in [0.25, 0.3) is 0 Å². The fourth-order valence-electron chi connectivity index (χ4n) is 1.70. The van der Waals surface area contributed by atoms with Crippen LogP contribution in [-0.2, 0) is 9.71 Å². The molecule has 72 valence electrons. The highest BCUT2D eigenvalue weighted by Gasteiger charge is 2.20. The number of rotatable bonds is 2. The van der Waals surface area contributed by atoms with Gasteiger partial charge in [0.1, 0.15) is 0 Å². The molecule has 0 saturated carbocycles. The molecule has 1 atom stereocenters. The molecule has 0 spiro atoms. The lowest BCUT2D eigenvalue weighted by Gasteiger charge is -2.31. The number of piperidine rings is 1. The first-order chi connectivity index (χ1) is 5.54. The second-order valence-corrected chi connectivity index (χ2v) is 6.18. The highest BCUT2D eigenvalue weighted by molar-refractivity contribution is 7.97. The van der Waals surface area contributed by atoms with Gasteiger partial charge in [-0.3, -0.25) is 4.21 Å². The molecule has 1 aliphatic heterocycles. The summed E-state index contributed by atoms with van der Waals surface area (Å²) in [4.78, 5) is 0. The standard InChI is InChI=1S/C9H19NOS/c1-4-9-5-7-10(8-6-9)12(2,3)11/h9H,2,4-8H2,1,3H3. The first-order valence-electron chi connectivity index (χ1n) is 4.61. The lowest BCUT2D eigenvalue weighted by Crippen LogP contribution is -2.37. The van der Waals surface area contributed by atoms with Gasteiger partial charge in [0, 0.05) is 29.1 Å². The van der Waals surface area contributed by atoms with Gasteiger partial charge in [-0.25, -0.2) is 4.31 Å². The van der Waals surface area contributed by atoms with E-state index in [2.05, 4.69) is 12.8 Å². The van der Waals surface area contributed by atoms with E-state index in [0.717, 1.165) is 19.0 Å². The molecule has 0 aliphatic carbocycles. The summed E-state index contributed by atoms with van der Waals surface area (Å²) in [7, 11) is -1.92. The van der Waals surface area contributed by atoms with Crippen molar-refractivity contribution in [2.75, 3.05) is 19.3 Å². The summed E-state index contributed by atoms with van der Waals surface area (Å²) >= 11 is 0. The Labute approximate surface area is 76.1 Å². The van der Waals surface area contributed by atoms with Crippen molar-refractivity contribution in [3.05, 3.63) is 0 Å². The van der Waals surface area contributed by atoms with E-state index in [0.29, 0.717) is 0 Å². The van der Waals surface area contributed by atoms with Gasteiger partial charge in [0.15, 0.2) is 0 Å². The summed E-state index contributed by atoms with van der Waals surface area (Å²) in [6.45, 7) is 4.17. The van der Waals surface area contributed by atoms with Crippen molar-refractivity contribution in [3.63, 3.8) is 0 Å². The lowest BCUT2D eigenvalue weighted by molar-refractivity contribution is 0.278. The SMILES string of the molecule is C=S(C)(=O)N1CCC(CC)CC1. The topological polar surface area (TPSA) is 20.3 Å². The van der Waals surface area contributed by atoms with Gasteiger partial charge in [-0.15, -0.1) is 0 Å². The van der Waals surface area contributed by atoms with Crippen LogP contribution in [0, 0.1) is 5.92 Å². The van der Waals surface area contributed by atoms with Gasteiger partial charge in [0.05, 0.1) is 0 Å². The maximum atomic E-state index is 11.6. The van der Waals surface area contributed by atoms with Crippen molar-refractivity contribution in [2.24, 2.45) is 5.92 Å². The predicted octanol–water partition coefficient (Wildman–Crippen LogP) is 1.37. The fraction of sp³-hybridized carbons (Fsp3) is 0.889. The van der Waals surface area contributed by atoms with Crippen molar-refractivity contribution in [1.82, 2.24) is 4.31 Å². The molecular weight excluding hydrogens is 170 g/mol. The maximum absolute atomic E-state index is 11.6. The fourth-order valence-corrected chi connectivity index (χ4v) is 2.69. The molecule has 1 aliphatic rings. The zero-order chi connectivity index (χ0) is 9.19. The third-order valence-electron chi connectivity index (χ3n) is 2.70. The summed E-state index contributed by atoms with van der Waals surface area (Å²) in [5.74, 6) is 4.55. The van der Waals surface area contributed by atoms with Crippen LogP contribution in [-0.4, -0.2) is 33.7 Å². The van der Waals surface area contributed by atoms with Crippen LogP contribution in [0.2, 0.25) is 0 Å². The van der Waals surface area contributed by atoms with Gasteiger partial charge >= 0.3 is 0 Å². The molecule has 0 aromatic carbocycles. The first kappa shape index (κ1) is 10.1. The first-order valence-corrected chi connectivity index (χ1v) is 6.70. The van der Waals surface area contributed by atoms with Gasteiger partial charge in [-0.05, 0) is 24.6 Å². The van der Waals surface area contributed by atoms with Crippen LogP contribution < -0.4 is 0 Å². The van der Waals surface area contributed by atoms with Gasteiger partial charge in [-0.1, -0.05) is 13.3 Å². The average Bonchev–Trinajstić information content (AvgIpc) is 2.03. The van der Waals surface area contributed by atoms with E-state index in [1.165, 1.54) is 19.3 Å². The van der Waals surface area contributed by atoms with Crippen LogP contribution in [0.15, 0.2) is 0 Å². The molecule has 0 aromatic rings. The third-order valence-corrected chi connectivity index (χ3v) is 4.15. The lowest BCUT2D eigenvalue weighted by atomic mass is 9.96.